The molecule has 1 aromatic carbocycles. The Balaban J connectivity index is 1.31. The molecule has 148 valence electrons. The first-order chi connectivity index (χ1) is 13.7. The Kier molecular flexibility index (Phi) is 4.45. The highest BCUT2D eigenvalue weighted by Gasteiger charge is 2.33. The van der Waals surface area contributed by atoms with E-state index in [9.17, 15) is 4.79 Å². The van der Waals surface area contributed by atoms with Crippen LogP contribution < -0.4 is 10.1 Å². The Labute approximate surface area is 165 Å². The normalized spacial score (nSPS) is 21.8. The molecule has 0 radical (unpaired) electrons. The highest BCUT2D eigenvalue weighted by atomic mass is 16.5. The van der Waals surface area contributed by atoms with Crippen LogP contribution in [-0.4, -0.2) is 38.8 Å². The number of nitrogens with zero attached hydrogens (tertiary/aromatic N) is 4. The van der Waals surface area contributed by atoms with Gasteiger partial charge in [0.2, 0.25) is 0 Å². The fourth-order valence-corrected chi connectivity index (χ4v) is 4.80. The Bertz CT molecular complexity index is 887. The number of fused-ring (bicyclic) bond motifs is 2. The number of hydrogen-bond acceptors (Lipinski definition) is 4. The molecule has 1 fully saturated rings. The molecule has 1 saturated carbocycles. The van der Waals surface area contributed by atoms with Crippen LogP contribution in [0.15, 0.2) is 18.2 Å². The monoisotopic (exact) mass is 381 g/mol. The summed E-state index contributed by atoms with van der Waals surface area (Å²) in [5.74, 6) is 3.49. The third kappa shape index (κ3) is 3.02. The zero-order chi connectivity index (χ0) is 19.1. The van der Waals surface area contributed by atoms with Crippen molar-refractivity contribution in [3.8, 4) is 5.75 Å². The Morgan fingerprint density at radius 3 is 2.82 bits per heavy atom. The average Bonchev–Trinajstić information content (AvgIpc) is 3.38. The van der Waals surface area contributed by atoms with Crippen molar-refractivity contribution >= 4 is 11.7 Å². The number of aryl methyl sites for hydroxylation is 1. The molecule has 1 aromatic heterocycles. The molecule has 7 nitrogen and oxygen atoms in total. The third-order valence-corrected chi connectivity index (χ3v) is 6.35. The van der Waals surface area contributed by atoms with E-state index < -0.39 is 0 Å². The minimum Gasteiger partial charge on any atom is -0.493 e. The summed E-state index contributed by atoms with van der Waals surface area (Å²) in [5.41, 5.74) is 1.98. The van der Waals surface area contributed by atoms with E-state index in [0.717, 1.165) is 54.6 Å². The molecule has 2 aliphatic heterocycles. The number of rotatable bonds is 2. The van der Waals surface area contributed by atoms with E-state index in [1.54, 1.807) is 0 Å². The Morgan fingerprint density at radius 1 is 1.14 bits per heavy atom. The molecule has 1 N–H and O–H groups in total. The molecule has 7 heteroatoms. The van der Waals surface area contributed by atoms with E-state index >= 15 is 0 Å². The highest BCUT2D eigenvalue weighted by molar-refractivity contribution is 5.89. The molecule has 1 aliphatic carbocycles. The van der Waals surface area contributed by atoms with Crippen molar-refractivity contribution < 1.29 is 9.53 Å². The van der Waals surface area contributed by atoms with E-state index in [-0.39, 0.29) is 12.1 Å². The van der Waals surface area contributed by atoms with Gasteiger partial charge in [0.15, 0.2) is 5.82 Å². The summed E-state index contributed by atoms with van der Waals surface area (Å²) in [7, 11) is 0. The van der Waals surface area contributed by atoms with E-state index in [1.807, 2.05) is 30.0 Å². The van der Waals surface area contributed by atoms with Gasteiger partial charge in [-0.05, 0) is 56.4 Å². The van der Waals surface area contributed by atoms with Gasteiger partial charge in [-0.1, -0.05) is 12.8 Å². The summed E-state index contributed by atoms with van der Waals surface area (Å²) >= 11 is 0. The van der Waals surface area contributed by atoms with Crippen LogP contribution in [0.25, 0.3) is 0 Å². The highest BCUT2D eigenvalue weighted by Crippen LogP contribution is 2.36. The summed E-state index contributed by atoms with van der Waals surface area (Å²) in [4.78, 5) is 14.8. The van der Waals surface area contributed by atoms with E-state index in [2.05, 4.69) is 20.1 Å². The smallest absolute Gasteiger partial charge is 0.322 e. The van der Waals surface area contributed by atoms with Crippen molar-refractivity contribution in [3.63, 3.8) is 0 Å². The van der Waals surface area contributed by atoms with Crippen LogP contribution in [0.1, 0.15) is 68.2 Å². The van der Waals surface area contributed by atoms with Crippen molar-refractivity contribution in [2.75, 3.05) is 18.5 Å². The van der Waals surface area contributed by atoms with Gasteiger partial charge in [-0.2, -0.15) is 0 Å². The van der Waals surface area contributed by atoms with Crippen molar-refractivity contribution in [3.05, 3.63) is 35.4 Å². The number of hydrogen-bond donors (Lipinski definition) is 1. The van der Waals surface area contributed by atoms with Gasteiger partial charge >= 0.3 is 6.03 Å². The lowest BCUT2D eigenvalue weighted by Gasteiger charge is -2.34. The maximum Gasteiger partial charge on any atom is 0.322 e. The Morgan fingerprint density at radius 2 is 1.96 bits per heavy atom. The van der Waals surface area contributed by atoms with Crippen molar-refractivity contribution in [1.29, 1.82) is 0 Å². The first-order valence-electron chi connectivity index (χ1n) is 10.5. The van der Waals surface area contributed by atoms with Crippen LogP contribution in [0.3, 0.4) is 0 Å². The molecule has 5 rings (SSSR count). The summed E-state index contributed by atoms with van der Waals surface area (Å²) in [6.45, 7) is 4.25. The second-order valence-electron chi connectivity index (χ2n) is 8.12. The number of benzene rings is 1. The van der Waals surface area contributed by atoms with E-state index in [4.69, 9.17) is 4.74 Å². The number of aromatic nitrogens is 3. The number of amides is 2. The second-order valence-corrected chi connectivity index (χ2v) is 8.12. The standard InChI is InChI=1S/C21H27N5O2/c1-14-19-23-24-20(15-5-2-3-6-15)26(19)11-10-25(14)21(27)22-17-8-9-18-16(13-17)7-4-12-28-18/h8-9,13-15H,2-7,10-12H2,1H3,(H,22,27). The summed E-state index contributed by atoms with van der Waals surface area (Å²) < 4.78 is 7.91. The second kappa shape index (κ2) is 7.11. The lowest BCUT2D eigenvalue weighted by atomic mass is 10.1. The zero-order valence-corrected chi connectivity index (χ0v) is 16.4. The molecule has 1 unspecified atom stereocenters. The van der Waals surface area contributed by atoms with Gasteiger partial charge in [-0.25, -0.2) is 4.79 Å². The number of carbonyl (C=O) groups is 1. The third-order valence-electron chi connectivity index (χ3n) is 6.35. The number of ether oxygens (including phenoxy) is 1. The molecular formula is C21H27N5O2. The summed E-state index contributed by atoms with van der Waals surface area (Å²) in [6, 6.07) is 5.73. The Hall–Kier alpha value is -2.57. The zero-order valence-electron chi connectivity index (χ0n) is 16.4. The van der Waals surface area contributed by atoms with Gasteiger partial charge in [0.1, 0.15) is 11.6 Å². The quantitative estimate of drug-likeness (QED) is 0.857. The number of nitrogens with one attached hydrogen (secondary N) is 1. The number of anilines is 1. The molecular weight excluding hydrogens is 354 g/mol. The molecule has 28 heavy (non-hydrogen) atoms. The van der Waals surface area contributed by atoms with Crippen LogP contribution >= 0.6 is 0 Å². The van der Waals surface area contributed by atoms with Crippen molar-refractivity contribution in [1.82, 2.24) is 19.7 Å². The first-order valence-corrected chi connectivity index (χ1v) is 10.5. The van der Waals surface area contributed by atoms with Gasteiger partial charge < -0.3 is 19.5 Å². The van der Waals surface area contributed by atoms with E-state index in [1.165, 1.54) is 25.7 Å². The molecule has 0 saturated heterocycles. The lowest BCUT2D eigenvalue weighted by Crippen LogP contribution is -2.43. The van der Waals surface area contributed by atoms with Crippen LogP contribution in [-0.2, 0) is 13.0 Å². The minimum absolute atomic E-state index is 0.0826. The fourth-order valence-electron chi connectivity index (χ4n) is 4.80. The minimum atomic E-state index is -0.0858. The van der Waals surface area contributed by atoms with Gasteiger partial charge in [0, 0.05) is 24.7 Å². The van der Waals surface area contributed by atoms with Crippen LogP contribution in [0.5, 0.6) is 5.75 Å². The average molecular weight is 381 g/mol. The van der Waals surface area contributed by atoms with Crippen molar-refractivity contribution in [2.45, 2.75) is 64.0 Å². The summed E-state index contributed by atoms with van der Waals surface area (Å²) in [5, 5.41) is 12.0. The lowest BCUT2D eigenvalue weighted by molar-refractivity contribution is 0.171. The fraction of sp³-hybridized carbons (Fsp3) is 0.571. The first kappa shape index (κ1) is 17.5. The van der Waals surface area contributed by atoms with E-state index in [0.29, 0.717) is 12.5 Å². The van der Waals surface area contributed by atoms with Gasteiger partial charge in [-0.3, -0.25) is 0 Å². The van der Waals surface area contributed by atoms with Gasteiger partial charge in [0.05, 0.1) is 12.6 Å². The molecule has 1 atom stereocenters. The number of urea groups is 1. The largest absolute Gasteiger partial charge is 0.493 e. The van der Waals surface area contributed by atoms with Gasteiger partial charge in [0.25, 0.3) is 0 Å². The van der Waals surface area contributed by atoms with Crippen LogP contribution in [0.2, 0.25) is 0 Å². The predicted molar refractivity (Wildman–Crippen MR) is 106 cm³/mol. The molecule has 0 spiro atoms. The predicted octanol–water partition coefficient (Wildman–Crippen LogP) is 3.87. The molecule has 3 aliphatic rings. The SMILES string of the molecule is CC1c2nnc(C3CCCC3)n2CCN1C(=O)Nc1ccc2c(c1)CCCO2. The maximum absolute atomic E-state index is 12.9. The molecule has 0 bridgehead atoms. The maximum atomic E-state index is 12.9. The molecule has 2 amide bonds. The molecule has 2 aromatic rings. The topological polar surface area (TPSA) is 72.3 Å². The molecule has 3 heterocycles. The van der Waals surface area contributed by atoms with Crippen LogP contribution in [0.4, 0.5) is 10.5 Å². The van der Waals surface area contributed by atoms with Crippen molar-refractivity contribution in [2.24, 2.45) is 0 Å². The number of carbonyl (C=O) groups excluding carboxylic acids is 1. The van der Waals surface area contributed by atoms with Crippen LogP contribution in [0, 0.1) is 0 Å². The van der Waals surface area contributed by atoms with Gasteiger partial charge in [-0.15, -0.1) is 10.2 Å². The summed E-state index contributed by atoms with van der Waals surface area (Å²) in [6.07, 6.45) is 6.99.